The lowest BCUT2D eigenvalue weighted by atomic mass is 10.2. The lowest BCUT2D eigenvalue weighted by molar-refractivity contribution is -0.384. The van der Waals surface area contributed by atoms with Gasteiger partial charge in [-0.2, -0.15) is 5.26 Å². The molecule has 0 aliphatic carbocycles. The highest BCUT2D eigenvalue weighted by Gasteiger charge is 2.19. The van der Waals surface area contributed by atoms with Crippen LogP contribution in [0.3, 0.4) is 0 Å². The second kappa shape index (κ2) is 6.67. The summed E-state index contributed by atoms with van der Waals surface area (Å²) in [6.07, 6.45) is 0.895. The molecule has 0 bridgehead atoms. The summed E-state index contributed by atoms with van der Waals surface area (Å²) in [7, 11) is 0. The van der Waals surface area contributed by atoms with E-state index in [0.29, 0.717) is 11.2 Å². The highest BCUT2D eigenvalue weighted by Crippen LogP contribution is 2.30. The van der Waals surface area contributed by atoms with Crippen LogP contribution in [0.25, 0.3) is 27.6 Å². The Morgan fingerprint density at radius 2 is 1.82 bits per heavy atom. The Morgan fingerprint density at radius 3 is 2.46 bits per heavy atom. The number of rotatable bonds is 4. The molecule has 0 aliphatic heterocycles. The minimum absolute atomic E-state index is 0.0333. The first kappa shape index (κ1) is 17.5. The minimum Gasteiger partial charge on any atom is -0.339 e. The Balaban J connectivity index is 2.17. The zero-order valence-electron chi connectivity index (χ0n) is 15.1. The largest absolute Gasteiger partial charge is 0.339 e. The van der Waals surface area contributed by atoms with E-state index in [-0.39, 0.29) is 11.3 Å². The molecule has 0 atom stereocenters. The van der Waals surface area contributed by atoms with E-state index in [1.807, 2.05) is 30.3 Å². The Labute approximate surface area is 159 Å². The van der Waals surface area contributed by atoms with Gasteiger partial charge in [-0.05, 0) is 30.7 Å². The molecule has 0 aliphatic rings. The molecular formula is C21H16N4O3. The van der Waals surface area contributed by atoms with Crippen LogP contribution in [0, 0.1) is 21.4 Å². The molecule has 4 aromatic rings. The molecule has 7 heteroatoms. The van der Waals surface area contributed by atoms with Crippen LogP contribution in [0.4, 0.5) is 5.69 Å². The standard InChI is InChI=1S/C21H16N4O3/c1-2-11-23-18-6-4-3-5-17(18)20-19(23)12-14(13-22)21(26)24(20)15-7-9-16(10-8-15)25(27)28/h3-10,12H,2,11H2,1H3. The highest BCUT2D eigenvalue weighted by molar-refractivity contribution is 6.07. The number of nitro groups is 1. The molecule has 0 fully saturated rings. The van der Waals surface area contributed by atoms with Gasteiger partial charge in [0.2, 0.25) is 0 Å². The van der Waals surface area contributed by atoms with Gasteiger partial charge in [-0.15, -0.1) is 0 Å². The van der Waals surface area contributed by atoms with Crippen molar-refractivity contribution in [1.82, 2.24) is 9.13 Å². The summed E-state index contributed by atoms with van der Waals surface area (Å²) in [6, 6.07) is 17.2. The molecule has 0 unspecified atom stereocenters. The van der Waals surface area contributed by atoms with Crippen LogP contribution in [0.15, 0.2) is 59.4 Å². The number of nitriles is 1. The molecule has 0 saturated heterocycles. The van der Waals surface area contributed by atoms with Gasteiger partial charge < -0.3 is 4.57 Å². The monoisotopic (exact) mass is 372 g/mol. The van der Waals surface area contributed by atoms with Crippen molar-refractivity contribution in [2.75, 3.05) is 0 Å². The van der Waals surface area contributed by atoms with Crippen LogP contribution in [0.1, 0.15) is 18.9 Å². The average molecular weight is 372 g/mol. The number of pyridine rings is 1. The third-order valence-corrected chi connectivity index (χ3v) is 4.81. The van der Waals surface area contributed by atoms with Crippen LogP contribution in [0.5, 0.6) is 0 Å². The van der Waals surface area contributed by atoms with Crippen molar-refractivity contribution >= 4 is 27.6 Å². The predicted molar refractivity (Wildman–Crippen MR) is 107 cm³/mol. The second-order valence-electron chi connectivity index (χ2n) is 6.49. The SMILES string of the molecule is CCCn1c2ccccc2c2c1cc(C#N)c(=O)n2-c1ccc([N+](=O)[O-])cc1. The number of fused-ring (bicyclic) bond motifs is 3. The van der Waals surface area contributed by atoms with Crippen LogP contribution < -0.4 is 5.56 Å². The van der Waals surface area contributed by atoms with E-state index in [4.69, 9.17) is 0 Å². The molecule has 0 saturated carbocycles. The van der Waals surface area contributed by atoms with Crippen molar-refractivity contribution in [1.29, 1.82) is 5.26 Å². The lowest BCUT2D eigenvalue weighted by Gasteiger charge is -2.10. The molecule has 0 N–H and O–H groups in total. The number of hydrogen-bond acceptors (Lipinski definition) is 4. The van der Waals surface area contributed by atoms with Crippen molar-refractivity contribution in [2.45, 2.75) is 19.9 Å². The lowest BCUT2D eigenvalue weighted by Crippen LogP contribution is -2.21. The summed E-state index contributed by atoms with van der Waals surface area (Å²) >= 11 is 0. The number of non-ortho nitro benzene ring substituents is 1. The molecule has 2 aromatic heterocycles. The van der Waals surface area contributed by atoms with E-state index in [1.165, 1.54) is 28.8 Å². The van der Waals surface area contributed by atoms with Crippen molar-refractivity contribution < 1.29 is 4.92 Å². The summed E-state index contributed by atoms with van der Waals surface area (Å²) in [5.41, 5.74) is 2.48. The number of aryl methyl sites for hydroxylation is 1. The summed E-state index contributed by atoms with van der Waals surface area (Å²) in [5, 5.41) is 21.4. The Morgan fingerprint density at radius 1 is 1.11 bits per heavy atom. The van der Waals surface area contributed by atoms with Gasteiger partial charge in [0.1, 0.15) is 11.6 Å². The topological polar surface area (TPSA) is 93.9 Å². The molecule has 0 spiro atoms. The second-order valence-corrected chi connectivity index (χ2v) is 6.49. The molecule has 2 heterocycles. The number of benzene rings is 2. The number of nitrogens with zero attached hydrogens (tertiary/aromatic N) is 4. The first-order valence-corrected chi connectivity index (χ1v) is 8.88. The predicted octanol–water partition coefficient (Wildman–Crippen LogP) is 4.14. The molecule has 0 amide bonds. The zero-order chi connectivity index (χ0) is 19.8. The van der Waals surface area contributed by atoms with Crippen LogP contribution >= 0.6 is 0 Å². The molecule has 2 aromatic carbocycles. The summed E-state index contributed by atoms with van der Waals surface area (Å²) < 4.78 is 3.58. The summed E-state index contributed by atoms with van der Waals surface area (Å²) in [6.45, 7) is 2.81. The number of hydrogen-bond donors (Lipinski definition) is 0. The van der Waals surface area contributed by atoms with Crippen molar-refractivity contribution in [3.05, 3.63) is 80.6 Å². The Hall–Kier alpha value is -3.92. The first-order valence-electron chi connectivity index (χ1n) is 8.88. The summed E-state index contributed by atoms with van der Waals surface area (Å²) in [4.78, 5) is 23.5. The van der Waals surface area contributed by atoms with Gasteiger partial charge in [0, 0.05) is 29.8 Å². The van der Waals surface area contributed by atoms with Gasteiger partial charge >= 0.3 is 0 Å². The fraction of sp³-hybridized carbons (Fsp3) is 0.143. The maximum Gasteiger partial charge on any atom is 0.273 e. The van der Waals surface area contributed by atoms with Gasteiger partial charge in [-0.3, -0.25) is 19.5 Å². The maximum absolute atomic E-state index is 13.0. The van der Waals surface area contributed by atoms with Gasteiger partial charge in [0.25, 0.3) is 11.2 Å². The van der Waals surface area contributed by atoms with Crippen molar-refractivity contribution in [3.63, 3.8) is 0 Å². The number of para-hydroxylation sites is 1. The van der Waals surface area contributed by atoms with Gasteiger partial charge in [0.15, 0.2) is 0 Å². The van der Waals surface area contributed by atoms with Crippen molar-refractivity contribution in [2.24, 2.45) is 0 Å². The van der Waals surface area contributed by atoms with Crippen LogP contribution in [-0.2, 0) is 6.54 Å². The molecule has 138 valence electrons. The first-order chi connectivity index (χ1) is 13.6. The van der Waals surface area contributed by atoms with Crippen LogP contribution in [0.2, 0.25) is 0 Å². The number of nitro benzene ring substituents is 1. The Bertz CT molecular complexity index is 1320. The highest BCUT2D eigenvalue weighted by atomic mass is 16.6. The van der Waals surface area contributed by atoms with Crippen molar-refractivity contribution in [3.8, 4) is 11.8 Å². The fourth-order valence-corrected chi connectivity index (χ4v) is 3.62. The van der Waals surface area contributed by atoms with Gasteiger partial charge in [0.05, 0.1) is 21.5 Å². The molecule has 0 radical (unpaired) electrons. The maximum atomic E-state index is 13.0. The third kappa shape index (κ3) is 2.55. The van der Waals surface area contributed by atoms with E-state index in [1.54, 1.807) is 6.07 Å². The van der Waals surface area contributed by atoms with E-state index in [0.717, 1.165) is 29.4 Å². The summed E-state index contributed by atoms with van der Waals surface area (Å²) in [5.74, 6) is 0. The quantitative estimate of drug-likeness (QED) is 0.397. The molecule has 28 heavy (non-hydrogen) atoms. The molecule has 7 nitrogen and oxygen atoms in total. The molecule has 4 rings (SSSR count). The van der Waals surface area contributed by atoms with Gasteiger partial charge in [-0.1, -0.05) is 25.1 Å². The van der Waals surface area contributed by atoms with E-state index < -0.39 is 10.5 Å². The van der Waals surface area contributed by atoms with E-state index >= 15 is 0 Å². The molecular weight excluding hydrogens is 356 g/mol. The minimum atomic E-state index is -0.485. The average Bonchev–Trinajstić information content (AvgIpc) is 3.01. The third-order valence-electron chi connectivity index (χ3n) is 4.81. The van der Waals surface area contributed by atoms with Crippen LogP contribution in [-0.4, -0.2) is 14.1 Å². The smallest absolute Gasteiger partial charge is 0.273 e. The Kier molecular flexibility index (Phi) is 4.17. The fourth-order valence-electron chi connectivity index (χ4n) is 3.62. The normalized spacial score (nSPS) is 11.0. The zero-order valence-corrected chi connectivity index (χ0v) is 15.1. The van der Waals surface area contributed by atoms with Gasteiger partial charge in [-0.25, -0.2) is 0 Å². The number of aromatic nitrogens is 2. The van der Waals surface area contributed by atoms with E-state index in [2.05, 4.69) is 11.5 Å². The van der Waals surface area contributed by atoms with E-state index in [9.17, 15) is 20.2 Å².